The minimum atomic E-state index is -3.43. The average molecular weight is 277 g/mol. The van der Waals surface area contributed by atoms with Crippen LogP contribution in [0.25, 0.3) is 10.8 Å². The van der Waals surface area contributed by atoms with Gasteiger partial charge in [-0.15, -0.1) is 0 Å². The summed E-state index contributed by atoms with van der Waals surface area (Å²) in [5, 5.41) is 1.80. The summed E-state index contributed by atoms with van der Waals surface area (Å²) in [6, 6.07) is 6.86. The molecule has 0 aliphatic carbocycles. The molecule has 5 nitrogen and oxygen atoms in total. The topological polar surface area (TPSA) is 76.3 Å². The minimum Gasteiger partial charge on any atom is -0.326 e. The Labute approximate surface area is 112 Å². The summed E-state index contributed by atoms with van der Waals surface area (Å²) in [5.41, 5.74) is 5.78. The van der Waals surface area contributed by atoms with E-state index in [-0.39, 0.29) is 6.04 Å². The number of nitrogens with two attached hydrogens (primary N) is 1. The highest BCUT2D eigenvalue weighted by Crippen LogP contribution is 2.23. The monoisotopic (exact) mass is 277 g/mol. The van der Waals surface area contributed by atoms with E-state index in [1.54, 1.807) is 30.6 Å². The third-order valence-corrected chi connectivity index (χ3v) is 5.30. The van der Waals surface area contributed by atoms with Crippen LogP contribution in [-0.4, -0.2) is 36.8 Å². The zero-order chi connectivity index (χ0) is 13.5. The van der Waals surface area contributed by atoms with Crippen molar-refractivity contribution >= 4 is 20.8 Å². The van der Waals surface area contributed by atoms with E-state index in [2.05, 4.69) is 4.98 Å². The Balaban J connectivity index is 2.03. The third kappa shape index (κ3) is 2.22. The molecule has 0 amide bonds. The molecular weight excluding hydrogens is 262 g/mol. The molecule has 1 saturated heterocycles. The number of hydrogen-bond donors (Lipinski definition) is 1. The summed E-state index contributed by atoms with van der Waals surface area (Å²) in [6.45, 7) is 0.897. The van der Waals surface area contributed by atoms with Gasteiger partial charge in [0.15, 0.2) is 0 Å². The SMILES string of the molecule is N[C@@H]1CCN(S(=O)(=O)c2ccc3cnccc3c2)C1. The lowest BCUT2D eigenvalue weighted by Gasteiger charge is -2.16. The Morgan fingerprint density at radius 2 is 2.11 bits per heavy atom. The fourth-order valence-electron chi connectivity index (χ4n) is 2.34. The Morgan fingerprint density at radius 1 is 1.26 bits per heavy atom. The molecule has 1 aliphatic rings. The summed E-state index contributed by atoms with van der Waals surface area (Å²) in [4.78, 5) is 4.34. The molecule has 6 heteroatoms. The molecule has 3 rings (SSSR count). The van der Waals surface area contributed by atoms with E-state index < -0.39 is 10.0 Å². The summed E-state index contributed by atoms with van der Waals surface area (Å²) in [5.74, 6) is 0. The molecule has 0 unspecified atom stereocenters. The van der Waals surface area contributed by atoms with Gasteiger partial charge in [0.05, 0.1) is 4.90 Å². The van der Waals surface area contributed by atoms with Crippen LogP contribution in [0.4, 0.5) is 0 Å². The molecule has 19 heavy (non-hydrogen) atoms. The highest BCUT2D eigenvalue weighted by molar-refractivity contribution is 7.89. The van der Waals surface area contributed by atoms with Gasteiger partial charge < -0.3 is 5.73 Å². The van der Waals surface area contributed by atoms with Crippen LogP contribution < -0.4 is 5.73 Å². The molecule has 2 N–H and O–H groups in total. The van der Waals surface area contributed by atoms with E-state index in [1.807, 2.05) is 6.07 Å². The molecule has 1 aromatic carbocycles. The third-order valence-electron chi connectivity index (χ3n) is 3.44. The number of fused-ring (bicyclic) bond motifs is 1. The number of sulfonamides is 1. The molecule has 1 aliphatic heterocycles. The summed E-state index contributed by atoms with van der Waals surface area (Å²) < 4.78 is 26.4. The van der Waals surface area contributed by atoms with Gasteiger partial charge in [0.2, 0.25) is 10.0 Å². The van der Waals surface area contributed by atoms with Gasteiger partial charge in [-0.25, -0.2) is 8.42 Å². The van der Waals surface area contributed by atoms with Gasteiger partial charge >= 0.3 is 0 Å². The summed E-state index contributed by atoms with van der Waals surface area (Å²) >= 11 is 0. The maximum atomic E-state index is 12.5. The van der Waals surface area contributed by atoms with Crippen molar-refractivity contribution < 1.29 is 8.42 Å². The largest absolute Gasteiger partial charge is 0.326 e. The van der Waals surface area contributed by atoms with Gasteiger partial charge in [0.25, 0.3) is 0 Å². The van der Waals surface area contributed by atoms with E-state index >= 15 is 0 Å². The van der Waals surface area contributed by atoms with E-state index in [9.17, 15) is 8.42 Å². The zero-order valence-corrected chi connectivity index (χ0v) is 11.2. The van der Waals surface area contributed by atoms with E-state index in [1.165, 1.54) is 4.31 Å². The van der Waals surface area contributed by atoms with Crippen molar-refractivity contribution in [2.75, 3.05) is 13.1 Å². The van der Waals surface area contributed by atoms with Crippen LogP contribution in [0.1, 0.15) is 6.42 Å². The van der Waals surface area contributed by atoms with Crippen LogP contribution in [0.2, 0.25) is 0 Å². The molecule has 1 atom stereocenters. The molecule has 2 heterocycles. The molecular formula is C13H15N3O2S. The van der Waals surface area contributed by atoms with Gasteiger partial charge in [-0.3, -0.25) is 4.98 Å². The van der Waals surface area contributed by atoms with Crippen LogP contribution in [0.5, 0.6) is 0 Å². The average Bonchev–Trinajstić information content (AvgIpc) is 2.85. The molecule has 2 aromatic rings. The second-order valence-electron chi connectivity index (χ2n) is 4.80. The van der Waals surface area contributed by atoms with Crippen LogP contribution in [0, 0.1) is 0 Å². The van der Waals surface area contributed by atoms with Crippen molar-refractivity contribution in [3.05, 3.63) is 36.7 Å². The van der Waals surface area contributed by atoms with Gasteiger partial charge in [-0.2, -0.15) is 4.31 Å². The fourth-order valence-corrected chi connectivity index (χ4v) is 3.89. The van der Waals surface area contributed by atoms with Gasteiger partial charge in [-0.05, 0) is 30.0 Å². The first-order valence-corrected chi connectivity index (χ1v) is 7.61. The summed E-state index contributed by atoms with van der Waals surface area (Å²) in [7, 11) is -3.43. The zero-order valence-electron chi connectivity index (χ0n) is 10.4. The summed E-state index contributed by atoms with van der Waals surface area (Å²) in [6.07, 6.45) is 4.10. The Bertz CT molecular complexity index is 715. The number of pyridine rings is 1. The van der Waals surface area contributed by atoms with Crippen molar-refractivity contribution in [2.45, 2.75) is 17.4 Å². The first kappa shape index (κ1) is 12.5. The Morgan fingerprint density at radius 3 is 2.84 bits per heavy atom. The number of nitrogens with zero attached hydrogens (tertiary/aromatic N) is 2. The lowest BCUT2D eigenvalue weighted by Crippen LogP contribution is -2.31. The quantitative estimate of drug-likeness (QED) is 0.887. The standard InChI is InChI=1S/C13H15N3O2S/c14-12-4-6-16(9-12)19(17,18)13-2-1-11-8-15-5-3-10(11)7-13/h1-3,5,7-8,12H,4,6,9,14H2/t12-/m1/s1. The van der Waals surface area contributed by atoms with Crippen molar-refractivity contribution in [3.63, 3.8) is 0 Å². The predicted molar refractivity (Wildman–Crippen MR) is 73.1 cm³/mol. The second-order valence-corrected chi connectivity index (χ2v) is 6.73. The van der Waals surface area contributed by atoms with Crippen molar-refractivity contribution in [1.82, 2.24) is 9.29 Å². The number of aromatic nitrogens is 1. The fraction of sp³-hybridized carbons (Fsp3) is 0.308. The Kier molecular flexibility index (Phi) is 3.00. The lowest BCUT2D eigenvalue weighted by atomic mass is 10.2. The van der Waals surface area contributed by atoms with Crippen LogP contribution in [0.15, 0.2) is 41.6 Å². The molecule has 0 bridgehead atoms. The second kappa shape index (κ2) is 4.56. The van der Waals surface area contributed by atoms with E-state index in [0.717, 1.165) is 17.2 Å². The molecule has 0 saturated carbocycles. The van der Waals surface area contributed by atoms with Crippen molar-refractivity contribution in [2.24, 2.45) is 5.73 Å². The minimum absolute atomic E-state index is 0.0561. The number of rotatable bonds is 2. The first-order chi connectivity index (χ1) is 9.07. The molecule has 1 aromatic heterocycles. The highest BCUT2D eigenvalue weighted by Gasteiger charge is 2.30. The maximum Gasteiger partial charge on any atom is 0.243 e. The lowest BCUT2D eigenvalue weighted by molar-refractivity contribution is 0.472. The first-order valence-electron chi connectivity index (χ1n) is 6.17. The van der Waals surface area contributed by atoms with E-state index in [0.29, 0.717) is 18.0 Å². The molecule has 100 valence electrons. The normalized spacial score (nSPS) is 21.0. The van der Waals surface area contributed by atoms with Crippen LogP contribution in [0.3, 0.4) is 0 Å². The predicted octanol–water partition coefficient (Wildman–Crippen LogP) is 0.956. The number of benzene rings is 1. The number of hydrogen-bond acceptors (Lipinski definition) is 4. The Hall–Kier alpha value is -1.50. The van der Waals surface area contributed by atoms with Crippen molar-refractivity contribution in [1.29, 1.82) is 0 Å². The van der Waals surface area contributed by atoms with Crippen molar-refractivity contribution in [3.8, 4) is 0 Å². The van der Waals surface area contributed by atoms with Gasteiger partial charge in [0, 0.05) is 36.9 Å². The van der Waals surface area contributed by atoms with Crippen LogP contribution in [-0.2, 0) is 10.0 Å². The smallest absolute Gasteiger partial charge is 0.243 e. The molecule has 0 spiro atoms. The van der Waals surface area contributed by atoms with E-state index in [4.69, 9.17) is 5.73 Å². The highest BCUT2D eigenvalue weighted by atomic mass is 32.2. The molecule has 0 radical (unpaired) electrons. The van der Waals surface area contributed by atoms with Gasteiger partial charge in [0.1, 0.15) is 0 Å². The molecule has 1 fully saturated rings. The van der Waals surface area contributed by atoms with Crippen LogP contribution >= 0.6 is 0 Å². The van der Waals surface area contributed by atoms with Gasteiger partial charge in [-0.1, -0.05) is 6.07 Å². The maximum absolute atomic E-state index is 12.5.